The minimum atomic E-state index is 0.0270. The first-order chi connectivity index (χ1) is 10.2. The Morgan fingerprint density at radius 2 is 2.05 bits per heavy atom. The number of carbonyl (C=O) groups excluding carboxylic acids is 1. The Balaban J connectivity index is 1.91. The van der Waals surface area contributed by atoms with E-state index in [2.05, 4.69) is 26.0 Å². The van der Waals surface area contributed by atoms with Crippen LogP contribution in [0.2, 0.25) is 0 Å². The fraction of sp³-hybridized carbons (Fsp3) is 0.684. The first kappa shape index (κ1) is 14.7. The van der Waals surface area contributed by atoms with Crippen molar-refractivity contribution in [1.29, 1.82) is 0 Å². The van der Waals surface area contributed by atoms with Gasteiger partial charge in [0, 0.05) is 23.2 Å². The summed E-state index contributed by atoms with van der Waals surface area (Å²) in [5, 5.41) is 0. The Labute approximate surface area is 128 Å². The summed E-state index contributed by atoms with van der Waals surface area (Å²) in [5.41, 5.74) is 3.78. The van der Waals surface area contributed by atoms with Crippen molar-refractivity contribution in [3.63, 3.8) is 0 Å². The molecule has 1 saturated carbocycles. The molecule has 0 spiro atoms. The molecule has 2 aliphatic rings. The summed E-state index contributed by atoms with van der Waals surface area (Å²) in [4.78, 5) is 16.6. The van der Waals surface area contributed by atoms with E-state index in [0.717, 1.165) is 25.5 Å². The molecule has 1 heterocycles. The highest BCUT2D eigenvalue weighted by molar-refractivity contribution is 5.65. The number of carbonyl (C=O) groups is 1. The lowest BCUT2D eigenvalue weighted by Gasteiger charge is -2.39. The van der Waals surface area contributed by atoms with Crippen LogP contribution in [0.3, 0.4) is 0 Å². The predicted molar refractivity (Wildman–Crippen MR) is 85.6 cm³/mol. The third kappa shape index (κ3) is 2.65. The summed E-state index contributed by atoms with van der Waals surface area (Å²) in [5.74, 6) is 0.678. The maximum atomic E-state index is 11.7. The van der Waals surface area contributed by atoms with E-state index in [-0.39, 0.29) is 11.3 Å². The van der Waals surface area contributed by atoms with Crippen LogP contribution in [0.1, 0.15) is 87.6 Å². The number of aldehydes is 1. The van der Waals surface area contributed by atoms with Gasteiger partial charge in [-0.2, -0.15) is 0 Å². The van der Waals surface area contributed by atoms with Crippen LogP contribution in [0.4, 0.5) is 0 Å². The minimum Gasteiger partial charge on any atom is -0.303 e. The van der Waals surface area contributed by atoms with Crippen LogP contribution in [0.15, 0.2) is 12.1 Å². The van der Waals surface area contributed by atoms with E-state index in [0.29, 0.717) is 5.92 Å². The molecule has 2 atom stereocenters. The molecule has 0 N–H and O–H groups in total. The topological polar surface area (TPSA) is 30.0 Å². The van der Waals surface area contributed by atoms with Crippen LogP contribution in [0, 0.1) is 5.41 Å². The molecule has 0 aliphatic heterocycles. The number of nitrogens with zero attached hydrogens (tertiary/aromatic N) is 1. The molecule has 1 aromatic rings. The number of aryl methyl sites for hydroxylation is 1. The molecule has 0 aromatic carbocycles. The maximum Gasteiger partial charge on any atom is 0.128 e. The zero-order chi connectivity index (χ0) is 14.9. The highest BCUT2D eigenvalue weighted by Crippen LogP contribution is 2.46. The van der Waals surface area contributed by atoms with Gasteiger partial charge in [0.1, 0.15) is 6.29 Å². The van der Waals surface area contributed by atoms with E-state index in [1.54, 1.807) is 0 Å². The SMILES string of the molecule is CCC1(C)CCc2nc(C3CCCCC3)ccc2C1C=O. The standard InChI is InChI=1S/C19H27NO/c1-3-19(2)12-11-18-15(16(19)13-21)9-10-17(20-18)14-7-5-4-6-8-14/h9-10,13-14,16H,3-8,11-12H2,1-2H3. The second-order valence-electron chi connectivity index (χ2n) is 7.23. The minimum absolute atomic E-state index is 0.0270. The zero-order valence-corrected chi connectivity index (χ0v) is 13.4. The molecule has 114 valence electrons. The van der Waals surface area contributed by atoms with Gasteiger partial charge >= 0.3 is 0 Å². The van der Waals surface area contributed by atoms with Gasteiger partial charge in [-0.1, -0.05) is 39.2 Å². The molecule has 21 heavy (non-hydrogen) atoms. The Hall–Kier alpha value is -1.18. The van der Waals surface area contributed by atoms with Gasteiger partial charge in [-0.25, -0.2) is 0 Å². The largest absolute Gasteiger partial charge is 0.303 e. The third-order valence-corrected chi connectivity index (χ3v) is 6.02. The average molecular weight is 285 g/mol. The highest BCUT2D eigenvalue weighted by Gasteiger charge is 2.38. The van der Waals surface area contributed by atoms with Crippen molar-refractivity contribution in [1.82, 2.24) is 4.98 Å². The molecule has 0 radical (unpaired) electrons. The predicted octanol–water partition coefficient (Wildman–Crippen LogP) is 4.77. The number of pyridine rings is 1. The maximum absolute atomic E-state index is 11.7. The van der Waals surface area contributed by atoms with Gasteiger partial charge in [0.25, 0.3) is 0 Å². The first-order valence-corrected chi connectivity index (χ1v) is 8.63. The number of aromatic nitrogens is 1. The van der Waals surface area contributed by atoms with Crippen LogP contribution in [-0.4, -0.2) is 11.3 Å². The number of fused-ring (bicyclic) bond motifs is 1. The Morgan fingerprint density at radius 3 is 2.71 bits per heavy atom. The van der Waals surface area contributed by atoms with E-state index in [1.807, 2.05) is 0 Å². The molecule has 2 unspecified atom stereocenters. The quantitative estimate of drug-likeness (QED) is 0.748. The molecule has 2 aliphatic carbocycles. The van der Waals surface area contributed by atoms with Crippen LogP contribution < -0.4 is 0 Å². The normalized spacial score (nSPS) is 29.9. The summed E-state index contributed by atoms with van der Waals surface area (Å²) in [6.07, 6.45) is 11.0. The lowest BCUT2D eigenvalue weighted by Crippen LogP contribution is -2.32. The van der Waals surface area contributed by atoms with E-state index in [1.165, 1.54) is 49.1 Å². The Bertz CT molecular complexity index is 518. The van der Waals surface area contributed by atoms with Gasteiger partial charge in [0.2, 0.25) is 0 Å². The first-order valence-electron chi connectivity index (χ1n) is 8.63. The molecule has 0 saturated heterocycles. The van der Waals surface area contributed by atoms with E-state index in [9.17, 15) is 4.79 Å². The smallest absolute Gasteiger partial charge is 0.128 e. The van der Waals surface area contributed by atoms with Crippen molar-refractivity contribution >= 4 is 6.29 Å². The van der Waals surface area contributed by atoms with Crippen molar-refractivity contribution in [2.75, 3.05) is 0 Å². The average Bonchev–Trinajstić information content (AvgIpc) is 2.55. The van der Waals surface area contributed by atoms with Crippen LogP contribution in [0.5, 0.6) is 0 Å². The van der Waals surface area contributed by atoms with Crippen LogP contribution in [-0.2, 0) is 11.2 Å². The monoisotopic (exact) mass is 285 g/mol. The van der Waals surface area contributed by atoms with Crippen molar-refractivity contribution in [3.8, 4) is 0 Å². The Kier molecular flexibility index (Phi) is 4.14. The van der Waals surface area contributed by atoms with E-state index in [4.69, 9.17) is 4.98 Å². The summed E-state index contributed by atoms with van der Waals surface area (Å²) in [6.45, 7) is 4.45. The molecule has 0 bridgehead atoms. The van der Waals surface area contributed by atoms with E-state index >= 15 is 0 Å². The van der Waals surface area contributed by atoms with Gasteiger partial charge in [0.15, 0.2) is 0 Å². The molecule has 1 fully saturated rings. The van der Waals surface area contributed by atoms with Crippen LogP contribution in [0.25, 0.3) is 0 Å². The van der Waals surface area contributed by atoms with Gasteiger partial charge in [-0.3, -0.25) is 4.98 Å². The molecule has 3 rings (SSSR count). The third-order valence-electron chi connectivity index (χ3n) is 6.02. The van der Waals surface area contributed by atoms with Gasteiger partial charge in [-0.15, -0.1) is 0 Å². The molecule has 2 heteroatoms. The zero-order valence-electron chi connectivity index (χ0n) is 13.4. The number of rotatable bonds is 3. The lowest BCUT2D eigenvalue weighted by atomic mass is 9.65. The Morgan fingerprint density at radius 1 is 1.29 bits per heavy atom. The molecule has 1 aromatic heterocycles. The van der Waals surface area contributed by atoms with E-state index < -0.39 is 0 Å². The van der Waals surface area contributed by atoms with Gasteiger partial charge in [-0.05, 0) is 49.1 Å². The number of hydrogen-bond donors (Lipinski definition) is 0. The lowest BCUT2D eigenvalue weighted by molar-refractivity contribution is -0.112. The molecule has 2 nitrogen and oxygen atoms in total. The fourth-order valence-corrected chi connectivity index (χ4v) is 4.21. The van der Waals surface area contributed by atoms with Gasteiger partial charge in [0.05, 0.1) is 0 Å². The van der Waals surface area contributed by atoms with Crippen molar-refractivity contribution < 1.29 is 4.79 Å². The van der Waals surface area contributed by atoms with Gasteiger partial charge < -0.3 is 4.79 Å². The molecular formula is C19H27NO. The van der Waals surface area contributed by atoms with Crippen molar-refractivity contribution in [2.45, 2.75) is 77.0 Å². The summed E-state index contributed by atoms with van der Waals surface area (Å²) >= 11 is 0. The molecular weight excluding hydrogens is 258 g/mol. The summed E-state index contributed by atoms with van der Waals surface area (Å²) in [6, 6.07) is 4.41. The highest BCUT2D eigenvalue weighted by atomic mass is 16.1. The molecule has 0 amide bonds. The second kappa shape index (κ2) is 5.90. The van der Waals surface area contributed by atoms with Crippen molar-refractivity contribution in [2.24, 2.45) is 5.41 Å². The number of hydrogen-bond acceptors (Lipinski definition) is 2. The summed E-state index contributed by atoms with van der Waals surface area (Å²) in [7, 11) is 0. The van der Waals surface area contributed by atoms with Crippen LogP contribution >= 0.6 is 0 Å². The van der Waals surface area contributed by atoms with Crippen molar-refractivity contribution in [3.05, 3.63) is 29.1 Å². The fourth-order valence-electron chi connectivity index (χ4n) is 4.21. The second-order valence-corrected chi connectivity index (χ2v) is 7.23. The summed E-state index contributed by atoms with van der Waals surface area (Å²) < 4.78 is 0.